The Kier molecular flexibility index (Phi) is 2.75. The molecule has 2 atom stereocenters. The number of hydrogen-bond acceptors (Lipinski definition) is 4. The standard InChI is InChI=1S/C10H13ClFN3O/c1-10(2)6(3-7(10)16)14-8-5(12)4-13-9(11)15-8/h4,6-7,16H,3H2,1-2H3,(H,13,14,15). The van der Waals surface area contributed by atoms with Gasteiger partial charge in [0.25, 0.3) is 0 Å². The van der Waals surface area contributed by atoms with Gasteiger partial charge in [-0.15, -0.1) is 0 Å². The van der Waals surface area contributed by atoms with E-state index in [1.165, 1.54) is 0 Å². The van der Waals surface area contributed by atoms with E-state index in [0.717, 1.165) is 6.20 Å². The zero-order chi connectivity index (χ0) is 11.9. The fourth-order valence-electron chi connectivity index (χ4n) is 1.76. The minimum atomic E-state index is -0.540. The Labute approximate surface area is 97.9 Å². The Bertz CT molecular complexity index is 413. The molecule has 0 saturated heterocycles. The molecule has 88 valence electrons. The summed E-state index contributed by atoms with van der Waals surface area (Å²) in [4.78, 5) is 7.30. The topological polar surface area (TPSA) is 58.0 Å². The van der Waals surface area contributed by atoms with Gasteiger partial charge in [-0.25, -0.2) is 9.37 Å². The first-order chi connectivity index (χ1) is 7.41. The number of aliphatic hydroxyl groups is 1. The van der Waals surface area contributed by atoms with Crippen LogP contribution in [0.4, 0.5) is 10.2 Å². The Morgan fingerprint density at radius 2 is 2.31 bits per heavy atom. The highest BCUT2D eigenvalue weighted by atomic mass is 35.5. The summed E-state index contributed by atoms with van der Waals surface area (Å²) in [5.41, 5.74) is -0.288. The first kappa shape index (κ1) is 11.5. The molecule has 2 N–H and O–H groups in total. The van der Waals surface area contributed by atoms with Gasteiger partial charge in [-0.3, -0.25) is 0 Å². The van der Waals surface area contributed by atoms with Crippen LogP contribution in [0, 0.1) is 11.2 Å². The van der Waals surface area contributed by atoms with Gasteiger partial charge < -0.3 is 10.4 Å². The van der Waals surface area contributed by atoms with Gasteiger partial charge in [0, 0.05) is 11.5 Å². The molecule has 1 fully saturated rings. The average molecular weight is 246 g/mol. The van der Waals surface area contributed by atoms with Gasteiger partial charge in [0.15, 0.2) is 11.6 Å². The van der Waals surface area contributed by atoms with E-state index < -0.39 is 5.82 Å². The summed E-state index contributed by atoms with van der Waals surface area (Å²) in [5.74, 6) is -0.452. The Balaban J connectivity index is 2.13. The second-order valence-corrected chi connectivity index (χ2v) is 4.94. The fraction of sp³-hybridized carbons (Fsp3) is 0.600. The van der Waals surface area contributed by atoms with Crippen molar-refractivity contribution in [2.24, 2.45) is 5.41 Å². The van der Waals surface area contributed by atoms with Gasteiger partial charge in [-0.1, -0.05) is 13.8 Å². The molecular formula is C10H13ClFN3O. The highest BCUT2D eigenvalue weighted by Gasteiger charge is 2.47. The van der Waals surface area contributed by atoms with E-state index in [4.69, 9.17) is 11.6 Å². The van der Waals surface area contributed by atoms with E-state index in [9.17, 15) is 9.50 Å². The molecule has 1 aliphatic rings. The molecule has 0 aliphatic heterocycles. The Hall–Kier alpha value is -0.940. The van der Waals surface area contributed by atoms with Crippen molar-refractivity contribution in [3.05, 3.63) is 17.3 Å². The number of anilines is 1. The van der Waals surface area contributed by atoms with Gasteiger partial charge in [-0.05, 0) is 18.0 Å². The van der Waals surface area contributed by atoms with Crippen LogP contribution in [0.3, 0.4) is 0 Å². The lowest BCUT2D eigenvalue weighted by atomic mass is 9.64. The molecule has 1 saturated carbocycles. The summed E-state index contributed by atoms with van der Waals surface area (Å²) in [6.45, 7) is 3.83. The lowest BCUT2D eigenvalue weighted by molar-refractivity contribution is -0.0512. The largest absolute Gasteiger partial charge is 0.392 e. The molecule has 2 unspecified atom stereocenters. The van der Waals surface area contributed by atoms with Crippen molar-refractivity contribution in [1.82, 2.24) is 9.97 Å². The van der Waals surface area contributed by atoms with Crippen molar-refractivity contribution in [2.45, 2.75) is 32.4 Å². The molecule has 0 radical (unpaired) electrons. The van der Waals surface area contributed by atoms with Crippen molar-refractivity contribution in [2.75, 3.05) is 5.32 Å². The third kappa shape index (κ3) is 1.85. The zero-order valence-electron chi connectivity index (χ0n) is 9.04. The van der Waals surface area contributed by atoms with E-state index in [1.54, 1.807) is 0 Å². The molecule has 16 heavy (non-hydrogen) atoms. The maximum Gasteiger partial charge on any atom is 0.224 e. The molecule has 2 rings (SSSR count). The second-order valence-electron chi connectivity index (χ2n) is 4.61. The maximum absolute atomic E-state index is 13.3. The van der Waals surface area contributed by atoms with Crippen LogP contribution in [-0.2, 0) is 0 Å². The van der Waals surface area contributed by atoms with Crippen LogP contribution in [0.5, 0.6) is 0 Å². The third-order valence-corrected chi connectivity index (χ3v) is 3.42. The van der Waals surface area contributed by atoms with E-state index in [0.29, 0.717) is 6.42 Å². The maximum atomic E-state index is 13.3. The van der Waals surface area contributed by atoms with Crippen LogP contribution in [0.25, 0.3) is 0 Å². The van der Waals surface area contributed by atoms with E-state index in [-0.39, 0.29) is 28.7 Å². The fourth-order valence-corrected chi connectivity index (χ4v) is 1.89. The van der Waals surface area contributed by atoms with E-state index >= 15 is 0 Å². The molecule has 4 nitrogen and oxygen atoms in total. The van der Waals surface area contributed by atoms with Crippen molar-refractivity contribution >= 4 is 17.4 Å². The van der Waals surface area contributed by atoms with Gasteiger partial charge in [0.2, 0.25) is 5.28 Å². The van der Waals surface area contributed by atoms with Gasteiger partial charge >= 0.3 is 0 Å². The predicted molar refractivity (Wildman–Crippen MR) is 58.8 cm³/mol. The second kappa shape index (κ2) is 3.82. The minimum Gasteiger partial charge on any atom is -0.392 e. The van der Waals surface area contributed by atoms with Crippen LogP contribution < -0.4 is 5.32 Å². The summed E-state index contributed by atoms with van der Waals surface area (Å²) in [7, 11) is 0. The summed E-state index contributed by atoms with van der Waals surface area (Å²) in [6.07, 6.45) is 1.23. The van der Waals surface area contributed by atoms with Crippen LogP contribution in [0.1, 0.15) is 20.3 Å². The summed E-state index contributed by atoms with van der Waals surface area (Å²) in [5, 5.41) is 12.5. The first-order valence-electron chi connectivity index (χ1n) is 5.04. The minimum absolute atomic E-state index is 0.00146. The Morgan fingerprint density at radius 1 is 1.62 bits per heavy atom. The molecule has 1 aromatic rings. The number of halogens is 2. The molecule has 0 aromatic carbocycles. The highest BCUT2D eigenvalue weighted by molar-refractivity contribution is 6.28. The number of hydrogen-bond donors (Lipinski definition) is 2. The van der Waals surface area contributed by atoms with Gasteiger partial charge in [-0.2, -0.15) is 4.98 Å². The van der Waals surface area contributed by atoms with Crippen LogP contribution in [0.2, 0.25) is 5.28 Å². The number of nitrogens with one attached hydrogen (secondary N) is 1. The molecule has 0 amide bonds. The molecule has 0 bridgehead atoms. The van der Waals surface area contributed by atoms with Crippen molar-refractivity contribution < 1.29 is 9.50 Å². The highest BCUT2D eigenvalue weighted by Crippen LogP contribution is 2.42. The molecule has 0 spiro atoms. The van der Waals surface area contributed by atoms with Crippen molar-refractivity contribution in [3.63, 3.8) is 0 Å². The summed E-state index contributed by atoms with van der Waals surface area (Å²) >= 11 is 5.58. The normalized spacial score (nSPS) is 27.3. The van der Waals surface area contributed by atoms with Crippen molar-refractivity contribution in [1.29, 1.82) is 0 Å². The van der Waals surface area contributed by atoms with Crippen LogP contribution in [0.15, 0.2) is 6.20 Å². The van der Waals surface area contributed by atoms with E-state index in [1.807, 2.05) is 13.8 Å². The predicted octanol–water partition coefficient (Wildman–Crippen LogP) is 1.84. The first-order valence-corrected chi connectivity index (χ1v) is 5.41. The molecule has 1 aromatic heterocycles. The molecule has 1 heterocycles. The monoisotopic (exact) mass is 245 g/mol. The van der Waals surface area contributed by atoms with Crippen LogP contribution in [-0.4, -0.2) is 27.2 Å². The van der Waals surface area contributed by atoms with Crippen molar-refractivity contribution in [3.8, 4) is 0 Å². The Morgan fingerprint density at radius 3 is 2.88 bits per heavy atom. The van der Waals surface area contributed by atoms with E-state index in [2.05, 4.69) is 15.3 Å². The lowest BCUT2D eigenvalue weighted by Crippen LogP contribution is -2.57. The summed E-state index contributed by atoms with van der Waals surface area (Å²) < 4.78 is 13.3. The number of aromatic nitrogens is 2. The van der Waals surface area contributed by atoms with Crippen LogP contribution >= 0.6 is 11.6 Å². The van der Waals surface area contributed by atoms with Gasteiger partial charge in [0.1, 0.15) is 0 Å². The SMILES string of the molecule is CC1(C)C(O)CC1Nc1nc(Cl)ncc1F. The average Bonchev–Trinajstić information content (AvgIpc) is 2.23. The molecular weight excluding hydrogens is 233 g/mol. The molecule has 6 heteroatoms. The molecule has 1 aliphatic carbocycles. The smallest absolute Gasteiger partial charge is 0.224 e. The van der Waals surface area contributed by atoms with Gasteiger partial charge in [0.05, 0.1) is 12.3 Å². The zero-order valence-corrected chi connectivity index (χ0v) is 9.79. The quantitative estimate of drug-likeness (QED) is 0.781. The third-order valence-electron chi connectivity index (χ3n) is 3.24. The number of nitrogens with zero attached hydrogens (tertiary/aromatic N) is 2. The lowest BCUT2D eigenvalue weighted by Gasteiger charge is -2.49. The number of aliphatic hydroxyl groups excluding tert-OH is 1. The summed E-state index contributed by atoms with van der Waals surface area (Å²) in [6, 6.07) is -0.0111. The number of rotatable bonds is 2.